The summed E-state index contributed by atoms with van der Waals surface area (Å²) >= 11 is 0. The third kappa shape index (κ3) is 4.81. The molecule has 43 heavy (non-hydrogen) atoms. The van der Waals surface area contributed by atoms with Gasteiger partial charge in [0.1, 0.15) is 0 Å². The minimum Gasteiger partial charge on any atom is -0.355 e. The Balaban J connectivity index is 1.31. The SMILES string of the molecule is Cc1ccc(Nc2ccc3nc(-c4ccc(S(=O)(=O)Nc5ccc(C)cc5)cc4)nc4c3c2C(=O)c2ccccc2-4)cc1. The first-order valence-electron chi connectivity index (χ1n) is 13.8. The molecule has 0 saturated carbocycles. The van der Waals surface area contributed by atoms with Gasteiger partial charge >= 0.3 is 0 Å². The Bertz CT molecular complexity index is 2160. The minimum atomic E-state index is -3.78. The minimum absolute atomic E-state index is 0.0877. The zero-order chi connectivity index (χ0) is 29.7. The predicted molar refractivity (Wildman–Crippen MR) is 170 cm³/mol. The number of fused-ring (bicyclic) bond motifs is 2. The van der Waals surface area contributed by atoms with Gasteiger partial charge in [-0.25, -0.2) is 18.4 Å². The molecule has 0 saturated heterocycles. The Kier molecular flexibility index (Phi) is 6.29. The van der Waals surface area contributed by atoms with Crippen LogP contribution in [0, 0.1) is 13.8 Å². The third-order valence-electron chi connectivity index (χ3n) is 7.58. The van der Waals surface area contributed by atoms with Gasteiger partial charge in [-0.1, -0.05) is 59.7 Å². The highest BCUT2D eigenvalue weighted by Gasteiger charge is 2.30. The quantitative estimate of drug-likeness (QED) is 0.209. The highest BCUT2D eigenvalue weighted by Crippen LogP contribution is 2.42. The van der Waals surface area contributed by atoms with Gasteiger partial charge in [0.25, 0.3) is 10.0 Å². The number of sulfonamides is 1. The molecule has 210 valence electrons. The Morgan fingerprint density at radius 1 is 0.651 bits per heavy atom. The van der Waals surface area contributed by atoms with Crippen LogP contribution in [0.4, 0.5) is 17.1 Å². The van der Waals surface area contributed by atoms with E-state index >= 15 is 0 Å². The van der Waals surface area contributed by atoms with Crippen LogP contribution in [0.2, 0.25) is 0 Å². The van der Waals surface area contributed by atoms with Crippen LogP contribution >= 0.6 is 0 Å². The summed E-state index contributed by atoms with van der Waals surface area (Å²) in [6.45, 7) is 3.97. The summed E-state index contributed by atoms with van der Waals surface area (Å²) in [6.07, 6.45) is 0. The lowest BCUT2D eigenvalue weighted by Gasteiger charge is -2.22. The number of ketones is 1. The molecular weight excluding hydrogens is 556 g/mol. The molecule has 7 rings (SSSR count). The van der Waals surface area contributed by atoms with Crippen molar-refractivity contribution in [1.82, 2.24) is 9.97 Å². The van der Waals surface area contributed by atoms with E-state index in [1.54, 1.807) is 36.4 Å². The number of hydrogen-bond acceptors (Lipinski definition) is 6. The molecule has 0 atom stereocenters. The summed E-state index contributed by atoms with van der Waals surface area (Å²) in [6, 6.07) is 32.8. The lowest BCUT2D eigenvalue weighted by Crippen LogP contribution is -2.14. The summed E-state index contributed by atoms with van der Waals surface area (Å²) in [4.78, 5) is 23.7. The number of hydrogen-bond donors (Lipinski definition) is 2. The molecule has 1 heterocycles. The molecule has 2 N–H and O–H groups in total. The molecule has 0 fully saturated rings. The third-order valence-corrected chi connectivity index (χ3v) is 8.97. The molecule has 0 amide bonds. The molecule has 0 radical (unpaired) electrons. The molecule has 1 aromatic heterocycles. The number of rotatable bonds is 6. The fourth-order valence-electron chi connectivity index (χ4n) is 5.32. The van der Waals surface area contributed by atoms with E-state index in [4.69, 9.17) is 9.97 Å². The van der Waals surface area contributed by atoms with Gasteiger partial charge in [-0.2, -0.15) is 0 Å². The van der Waals surface area contributed by atoms with E-state index in [1.165, 1.54) is 0 Å². The van der Waals surface area contributed by atoms with Gasteiger partial charge in [0.15, 0.2) is 11.6 Å². The first-order valence-corrected chi connectivity index (χ1v) is 15.3. The van der Waals surface area contributed by atoms with Crippen LogP contribution < -0.4 is 10.0 Å². The highest BCUT2D eigenvalue weighted by atomic mass is 32.2. The van der Waals surface area contributed by atoms with Crippen LogP contribution in [-0.2, 0) is 10.0 Å². The van der Waals surface area contributed by atoms with Crippen molar-refractivity contribution in [3.63, 3.8) is 0 Å². The van der Waals surface area contributed by atoms with Gasteiger partial charge in [-0.3, -0.25) is 9.52 Å². The van der Waals surface area contributed by atoms with Gasteiger partial charge in [-0.05, 0) is 74.5 Å². The molecule has 6 aromatic rings. The maximum Gasteiger partial charge on any atom is 0.261 e. The normalized spacial score (nSPS) is 12.2. The van der Waals surface area contributed by atoms with Crippen molar-refractivity contribution in [2.24, 2.45) is 0 Å². The fraction of sp³-hybridized carbons (Fsp3) is 0.0571. The van der Waals surface area contributed by atoms with Crippen molar-refractivity contribution >= 4 is 43.8 Å². The molecule has 5 aromatic carbocycles. The molecule has 1 aliphatic carbocycles. The van der Waals surface area contributed by atoms with Crippen molar-refractivity contribution in [2.75, 3.05) is 10.0 Å². The monoisotopic (exact) mass is 582 g/mol. The average molecular weight is 583 g/mol. The lowest BCUT2D eigenvalue weighted by molar-refractivity contribution is 0.104. The van der Waals surface area contributed by atoms with Crippen LogP contribution in [-0.4, -0.2) is 24.2 Å². The van der Waals surface area contributed by atoms with Crippen molar-refractivity contribution in [2.45, 2.75) is 18.7 Å². The second-order valence-corrected chi connectivity index (χ2v) is 12.3. The van der Waals surface area contributed by atoms with E-state index in [1.807, 2.05) is 86.6 Å². The Hall–Kier alpha value is -5.34. The highest BCUT2D eigenvalue weighted by molar-refractivity contribution is 7.92. The van der Waals surface area contributed by atoms with E-state index in [0.29, 0.717) is 50.5 Å². The molecule has 7 nitrogen and oxygen atoms in total. The van der Waals surface area contributed by atoms with Gasteiger partial charge in [0.2, 0.25) is 0 Å². The first kappa shape index (κ1) is 26.6. The van der Waals surface area contributed by atoms with E-state index in [2.05, 4.69) is 10.0 Å². The zero-order valence-electron chi connectivity index (χ0n) is 23.4. The number of aryl methyl sites for hydroxylation is 2. The topological polar surface area (TPSA) is 101 Å². The van der Waals surface area contributed by atoms with Gasteiger partial charge in [0, 0.05) is 33.5 Å². The van der Waals surface area contributed by atoms with Crippen molar-refractivity contribution in [3.8, 4) is 22.6 Å². The number of carbonyl (C=O) groups excluding carboxylic acids is 1. The fourth-order valence-corrected chi connectivity index (χ4v) is 6.38. The van der Waals surface area contributed by atoms with Crippen molar-refractivity contribution < 1.29 is 13.2 Å². The van der Waals surface area contributed by atoms with Crippen LogP contribution in [0.3, 0.4) is 0 Å². The van der Waals surface area contributed by atoms with E-state index in [-0.39, 0.29) is 10.7 Å². The molecule has 1 aliphatic rings. The van der Waals surface area contributed by atoms with Crippen LogP contribution in [0.1, 0.15) is 27.0 Å². The smallest absolute Gasteiger partial charge is 0.261 e. The Morgan fingerprint density at radius 2 is 1.28 bits per heavy atom. The summed E-state index contributed by atoms with van der Waals surface area (Å²) < 4.78 is 28.7. The van der Waals surface area contributed by atoms with Gasteiger partial charge in [-0.15, -0.1) is 0 Å². The van der Waals surface area contributed by atoms with Crippen molar-refractivity contribution in [1.29, 1.82) is 0 Å². The number of nitrogens with one attached hydrogen (secondary N) is 2. The van der Waals surface area contributed by atoms with Gasteiger partial charge < -0.3 is 5.32 Å². The Morgan fingerprint density at radius 3 is 1.95 bits per heavy atom. The predicted octanol–water partition coefficient (Wildman–Crippen LogP) is 7.67. The van der Waals surface area contributed by atoms with Crippen molar-refractivity contribution in [3.05, 3.63) is 131 Å². The first-order chi connectivity index (χ1) is 20.8. The lowest BCUT2D eigenvalue weighted by atomic mass is 9.85. The summed E-state index contributed by atoms with van der Waals surface area (Å²) in [5, 5.41) is 4.10. The van der Waals surface area contributed by atoms with E-state index < -0.39 is 10.0 Å². The standard InChI is InChI=1S/C35H26N4O3S/c1-21-7-13-24(14-8-21)36-30-20-19-29-31-32(30)34(40)28-6-4-3-5-27(28)33(31)38-35(37-29)23-11-17-26(18-12-23)43(41,42)39-25-15-9-22(2)10-16-25/h3-20,36,39H,1-2H3. The second-order valence-electron chi connectivity index (χ2n) is 10.6. The number of benzene rings is 5. The molecule has 8 heteroatoms. The number of carbonyl (C=O) groups is 1. The number of anilines is 3. The molecule has 0 aliphatic heterocycles. The van der Waals surface area contributed by atoms with Crippen LogP contribution in [0.15, 0.2) is 114 Å². The second kappa shape index (κ2) is 10.2. The van der Waals surface area contributed by atoms with Crippen LogP contribution in [0.25, 0.3) is 33.5 Å². The van der Waals surface area contributed by atoms with E-state index in [9.17, 15) is 13.2 Å². The maximum atomic E-state index is 13.8. The molecule has 0 unspecified atom stereocenters. The average Bonchev–Trinajstić information content (AvgIpc) is 3.02. The summed E-state index contributed by atoms with van der Waals surface area (Å²) in [5.74, 6) is 0.350. The van der Waals surface area contributed by atoms with Crippen LogP contribution in [0.5, 0.6) is 0 Å². The van der Waals surface area contributed by atoms with E-state index in [0.717, 1.165) is 22.4 Å². The molecule has 0 spiro atoms. The zero-order valence-corrected chi connectivity index (χ0v) is 24.2. The number of aromatic nitrogens is 2. The summed E-state index contributed by atoms with van der Waals surface area (Å²) in [5.41, 5.74) is 8.03. The number of nitrogens with zero attached hydrogens (tertiary/aromatic N) is 2. The Labute approximate surface area is 249 Å². The van der Waals surface area contributed by atoms with Gasteiger partial charge in [0.05, 0.1) is 27.4 Å². The largest absolute Gasteiger partial charge is 0.355 e. The summed E-state index contributed by atoms with van der Waals surface area (Å²) in [7, 11) is -3.78. The molecular formula is C35H26N4O3S. The molecule has 0 bridgehead atoms. The maximum absolute atomic E-state index is 13.8.